The van der Waals surface area contributed by atoms with E-state index in [1.165, 1.54) is 23.4 Å². The molecule has 12 nitrogen and oxygen atoms in total. The van der Waals surface area contributed by atoms with E-state index >= 15 is 0 Å². The van der Waals surface area contributed by atoms with Gasteiger partial charge in [0.25, 0.3) is 11.5 Å². The zero-order chi connectivity index (χ0) is 28.3. The molecule has 0 spiro atoms. The minimum atomic E-state index is -4.84. The number of H-pyrrole nitrogens is 1. The maximum absolute atomic E-state index is 13.6. The van der Waals surface area contributed by atoms with Gasteiger partial charge in [-0.05, 0) is 25.0 Å². The van der Waals surface area contributed by atoms with E-state index in [0.29, 0.717) is 51.1 Å². The molecule has 0 bridgehead atoms. The van der Waals surface area contributed by atoms with E-state index < -0.39 is 23.3 Å². The van der Waals surface area contributed by atoms with Crippen molar-refractivity contribution < 1.29 is 22.7 Å². The number of nitrogens with one attached hydrogen (secondary N) is 1. The third kappa shape index (κ3) is 5.65. The molecule has 3 aromatic rings. The van der Waals surface area contributed by atoms with Crippen molar-refractivity contribution in [3.05, 3.63) is 64.1 Å². The smallest absolute Gasteiger partial charge is 0.423 e. The van der Waals surface area contributed by atoms with Crippen molar-refractivity contribution in [1.82, 2.24) is 30.0 Å². The first-order valence-electron chi connectivity index (χ1n) is 12.5. The Kier molecular flexibility index (Phi) is 7.50. The van der Waals surface area contributed by atoms with Crippen LogP contribution in [-0.2, 0) is 6.18 Å². The topological polar surface area (TPSA) is 144 Å². The molecule has 2 aliphatic rings. The molecular formula is C25H24F3N9O3. The average molecular weight is 556 g/mol. The van der Waals surface area contributed by atoms with Crippen LogP contribution >= 0.6 is 0 Å². The second-order valence-electron chi connectivity index (χ2n) is 9.27. The van der Waals surface area contributed by atoms with Gasteiger partial charge in [-0.1, -0.05) is 0 Å². The van der Waals surface area contributed by atoms with Gasteiger partial charge in [0.15, 0.2) is 0 Å². The zero-order valence-corrected chi connectivity index (χ0v) is 21.1. The van der Waals surface area contributed by atoms with Crippen LogP contribution in [0.15, 0.2) is 41.6 Å². The first-order valence-corrected chi connectivity index (χ1v) is 12.5. The number of carbonyl (C=O) groups is 1. The lowest BCUT2D eigenvalue weighted by atomic mass is 10.2. The second-order valence-corrected chi connectivity index (χ2v) is 9.27. The number of anilines is 2. The van der Waals surface area contributed by atoms with E-state index in [9.17, 15) is 22.8 Å². The number of ether oxygens (including phenoxy) is 1. The van der Waals surface area contributed by atoms with Gasteiger partial charge in [-0.25, -0.2) is 15.1 Å². The summed E-state index contributed by atoms with van der Waals surface area (Å²) >= 11 is 0. The number of carbonyl (C=O) groups excluding carboxylic acids is 1. The maximum atomic E-state index is 13.6. The summed E-state index contributed by atoms with van der Waals surface area (Å²) in [4.78, 5) is 42.7. The van der Waals surface area contributed by atoms with Gasteiger partial charge < -0.3 is 19.4 Å². The molecule has 3 aromatic heterocycles. The molecule has 0 aliphatic carbocycles. The summed E-state index contributed by atoms with van der Waals surface area (Å²) in [7, 11) is 0. The Morgan fingerprint density at radius 3 is 2.62 bits per heavy atom. The fourth-order valence-electron chi connectivity index (χ4n) is 4.83. The van der Waals surface area contributed by atoms with Crippen LogP contribution in [-0.4, -0.2) is 81.3 Å². The van der Waals surface area contributed by atoms with Crippen LogP contribution < -0.4 is 20.1 Å². The largest absolute Gasteiger partial charge is 0.475 e. The number of piperazine rings is 1. The van der Waals surface area contributed by atoms with Gasteiger partial charge in [-0.3, -0.25) is 9.59 Å². The number of nitriles is 1. The number of pyridine rings is 1. The van der Waals surface area contributed by atoms with Crippen LogP contribution in [0.3, 0.4) is 0 Å². The maximum Gasteiger partial charge on any atom is 0.423 e. The van der Waals surface area contributed by atoms with Crippen LogP contribution in [0.2, 0.25) is 0 Å². The van der Waals surface area contributed by atoms with Crippen LogP contribution in [0.1, 0.15) is 34.6 Å². The number of alkyl halides is 3. The van der Waals surface area contributed by atoms with Gasteiger partial charge in [0.05, 0.1) is 23.5 Å². The highest BCUT2D eigenvalue weighted by molar-refractivity contribution is 5.90. The van der Waals surface area contributed by atoms with Gasteiger partial charge in [-0.2, -0.15) is 28.5 Å². The summed E-state index contributed by atoms with van der Waals surface area (Å²) in [6, 6.07) is 6.50. The van der Waals surface area contributed by atoms with Crippen molar-refractivity contribution in [1.29, 1.82) is 5.26 Å². The fraction of sp³-hybridized carbons (Fsp3) is 0.400. The first-order chi connectivity index (χ1) is 19.2. The monoisotopic (exact) mass is 555 g/mol. The third-order valence-electron chi connectivity index (χ3n) is 6.82. The SMILES string of the molecule is N#Cc1ccc(N2CCN(C(=O)c3nccc(OC[C@@H]4CCCN4c4cn[nH]c(=O)c4C(F)(F)F)n3)CC2)nc1. The van der Waals surface area contributed by atoms with Crippen LogP contribution in [0.5, 0.6) is 5.88 Å². The van der Waals surface area contributed by atoms with Crippen molar-refractivity contribution in [3.63, 3.8) is 0 Å². The van der Waals surface area contributed by atoms with Gasteiger partial charge >= 0.3 is 6.18 Å². The van der Waals surface area contributed by atoms with E-state index in [1.54, 1.807) is 17.0 Å². The molecule has 40 heavy (non-hydrogen) atoms. The van der Waals surface area contributed by atoms with E-state index in [-0.39, 0.29) is 29.9 Å². The third-order valence-corrected chi connectivity index (χ3v) is 6.82. The highest BCUT2D eigenvalue weighted by Gasteiger charge is 2.40. The number of hydrogen-bond acceptors (Lipinski definition) is 10. The van der Waals surface area contributed by atoms with E-state index in [1.807, 2.05) is 16.1 Å². The molecule has 1 atom stereocenters. The number of rotatable bonds is 6. The van der Waals surface area contributed by atoms with Crippen molar-refractivity contribution in [3.8, 4) is 11.9 Å². The Balaban J connectivity index is 1.21. The van der Waals surface area contributed by atoms with Crippen molar-refractivity contribution in [2.24, 2.45) is 0 Å². The van der Waals surface area contributed by atoms with E-state index in [4.69, 9.17) is 10.00 Å². The molecule has 15 heteroatoms. The molecule has 0 unspecified atom stereocenters. The number of halogens is 3. The van der Waals surface area contributed by atoms with Crippen LogP contribution in [0.25, 0.3) is 0 Å². The fourth-order valence-corrected chi connectivity index (χ4v) is 4.83. The van der Waals surface area contributed by atoms with E-state index in [0.717, 1.165) is 12.0 Å². The standard InChI is InChI=1S/C25H24F3N9O3/c26-25(27,28)21-18(14-32-34-23(21)38)37-7-1-2-17(37)15-40-20-5-6-30-22(33-20)24(39)36-10-8-35(9-11-36)19-4-3-16(12-29)13-31-19/h3-6,13-14,17H,1-2,7-11,15H2,(H,34,38)/t17-/m0/s1. The average Bonchev–Trinajstić information content (AvgIpc) is 3.44. The van der Waals surface area contributed by atoms with Crippen LogP contribution in [0, 0.1) is 11.3 Å². The second kappa shape index (κ2) is 11.2. The van der Waals surface area contributed by atoms with Gasteiger partial charge in [0.2, 0.25) is 11.7 Å². The Bertz CT molecular complexity index is 1470. The van der Waals surface area contributed by atoms with Crippen LogP contribution in [0.4, 0.5) is 24.7 Å². The molecule has 2 saturated heterocycles. The van der Waals surface area contributed by atoms with Gasteiger partial charge in [0, 0.05) is 51.2 Å². The number of nitrogens with zero attached hydrogens (tertiary/aromatic N) is 8. The summed E-state index contributed by atoms with van der Waals surface area (Å²) in [5, 5.41) is 14.3. The minimum absolute atomic E-state index is 0.00892. The predicted molar refractivity (Wildman–Crippen MR) is 135 cm³/mol. The van der Waals surface area contributed by atoms with Crippen molar-refractivity contribution >= 4 is 17.4 Å². The molecule has 0 radical (unpaired) electrons. The number of amides is 1. The highest BCUT2D eigenvalue weighted by Crippen LogP contribution is 2.36. The first kappa shape index (κ1) is 26.9. The summed E-state index contributed by atoms with van der Waals surface area (Å²) < 4.78 is 46.5. The number of hydrogen-bond donors (Lipinski definition) is 1. The summed E-state index contributed by atoms with van der Waals surface area (Å²) in [6.45, 7) is 2.20. The van der Waals surface area contributed by atoms with Crippen molar-refractivity contribution in [2.75, 3.05) is 49.1 Å². The lowest BCUT2D eigenvalue weighted by molar-refractivity contribution is -0.138. The Morgan fingerprint density at radius 1 is 1.12 bits per heavy atom. The van der Waals surface area contributed by atoms with Crippen molar-refractivity contribution in [2.45, 2.75) is 25.1 Å². The molecule has 1 N–H and O–H groups in total. The predicted octanol–water partition coefficient (Wildman–Crippen LogP) is 1.86. The quantitative estimate of drug-likeness (QED) is 0.479. The van der Waals surface area contributed by atoms with E-state index in [2.05, 4.69) is 20.1 Å². The highest BCUT2D eigenvalue weighted by atomic mass is 19.4. The molecular weight excluding hydrogens is 531 g/mol. The zero-order valence-electron chi connectivity index (χ0n) is 21.1. The summed E-state index contributed by atoms with van der Waals surface area (Å²) in [6.07, 6.45) is 0.200. The summed E-state index contributed by atoms with van der Waals surface area (Å²) in [5.41, 5.74) is -2.42. The molecule has 2 aliphatic heterocycles. The molecule has 0 aromatic carbocycles. The lowest BCUT2D eigenvalue weighted by Gasteiger charge is -2.35. The van der Waals surface area contributed by atoms with Gasteiger partial charge in [0.1, 0.15) is 24.1 Å². The van der Waals surface area contributed by atoms with Gasteiger partial charge in [-0.15, -0.1) is 0 Å². The molecule has 5 heterocycles. The normalized spacial score (nSPS) is 17.6. The molecule has 0 saturated carbocycles. The Morgan fingerprint density at radius 2 is 1.93 bits per heavy atom. The Labute approximate surface area is 226 Å². The molecule has 5 rings (SSSR count). The summed E-state index contributed by atoms with van der Waals surface area (Å²) in [5.74, 6) is 0.413. The lowest BCUT2D eigenvalue weighted by Crippen LogP contribution is -2.49. The minimum Gasteiger partial charge on any atom is -0.475 e. The number of aromatic amines is 1. The number of aromatic nitrogens is 5. The molecule has 208 valence electrons. The Hall–Kier alpha value is -4.74. The molecule has 2 fully saturated rings. The molecule has 1 amide bonds.